The van der Waals surface area contributed by atoms with Gasteiger partial charge in [-0.1, -0.05) is 12.1 Å². The summed E-state index contributed by atoms with van der Waals surface area (Å²) in [6, 6.07) is 11.9. The van der Waals surface area contributed by atoms with Crippen LogP contribution in [0.1, 0.15) is 5.56 Å². The van der Waals surface area contributed by atoms with E-state index < -0.39 is 15.7 Å². The molecule has 112 valence electrons. The van der Waals surface area contributed by atoms with Crippen LogP contribution in [-0.2, 0) is 16.4 Å². The number of sulfone groups is 1. The smallest absolute Gasteiger partial charge is 0.181 e. The van der Waals surface area contributed by atoms with Crippen LogP contribution < -0.4 is 10.5 Å². The quantitative estimate of drug-likeness (QED) is 0.830. The Labute approximate surface area is 123 Å². The molecular weight excluding hydrogens is 293 g/mol. The van der Waals surface area contributed by atoms with Gasteiger partial charge in [-0.15, -0.1) is 0 Å². The van der Waals surface area contributed by atoms with Gasteiger partial charge in [-0.3, -0.25) is 0 Å². The average molecular weight is 309 g/mol. The lowest BCUT2D eigenvalue weighted by molar-refractivity contribution is 0.340. The van der Waals surface area contributed by atoms with Crippen molar-refractivity contribution in [1.29, 1.82) is 0 Å². The molecule has 0 spiro atoms. The van der Waals surface area contributed by atoms with Gasteiger partial charge in [-0.25, -0.2) is 12.8 Å². The van der Waals surface area contributed by atoms with Gasteiger partial charge < -0.3 is 10.5 Å². The van der Waals surface area contributed by atoms with E-state index in [9.17, 15) is 12.8 Å². The first kappa shape index (κ1) is 15.5. The molecule has 6 heteroatoms. The molecule has 2 aromatic rings. The number of halogens is 1. The van der Waals surface area contributed by atoms with Gasteiger partial charge in [0.15, 0.2) is 9.84 Å². The topological polar surface area (TPSA) is 69.4 Å². The Kier molecular flexibility index (Phi) is 4.93. The summed E-state index contributed by atoms with van der Waals surface area (Å²) in [7, 11) is -3.48. The van der Waals surface area contributed by atoms with Crippen LogP contribution in [-0.4, -0.2) is 20.8 Å². The maximum Gasteiger partial charge on any atom is 0.181 e. The van der Waals surface area contributed by atoms with E-state index in [1.807, 2.05) is 6.07 Å². The number of benzene rings is 2. The molecular formula is C15H16FNO3S. The Morgan fingerprint density at radius 2 is 1.81 bits per heavy atom. The summed E-state index contributed by atoms with van der Waals surface area (Å²) in [4.78, 5) is 0.0863. The summed E-state index contributed by atoms with van der Waals surface area (Å²) >= 11 is 0. The van der Waals surface area contributed by atoms with E-state index >= 15 is 0 Å². The Bertz CT molecular complexity index is 699. The van der Waals surface area contributed by atoms with Crippen LogP contribution in [0.25, 0.3) is 0 Å². The highest BCUT2D eigenvalue weighted by Crippen LogP contribution is 2.15. The lowest BCUT2D eigenvalue weighted by atomic mass is 10.2. The standard InChI is InChI=1S/C15H16FNO3S/c16-13-4-6-15(7-5-13)21(18,19)9-8-20-14-3-1-2-12(10-14)11-17/h1-7,10H,8-9,11,17H2. The van der Waals surface area contributed by atoms with Gasteiger partial charge in [-0.05, 0) is 42.0 Å². The van der Waals surface area contributed by atoms with Gasteiger partial charge in [0.2, 0.25) is 0 Å². The maximum absolute atomic E-state index is 12.8. The monoisotopic (exact) mass is 309 g/mol. The van der Waals surface area contributed by atoms with Crippen LogP contribution in [0.4, 0.5) is 4.39 Å². The van der Waals surface area contributed by atoms with E-state index in [-0.39, 0.29) is 17.3 Å². The highest BCUT2D eigenvalue weighted by molar-refractivity contribution is 7.91. The Hall–Kier alpha value is -1.92. The van der Waals surface area contributed by atoms with Gasteiger partial charge in [0, 0.05) is 6.54 Å². The van der Waals surface area contributed by atoms with Crippen molar-refractivity contribution in [2.24, 2.45) is 5.73 Å². The van der Waals surface area contributed by atoms with Crippen molar-refractivity contribution in [1.82, 2.24) is 0 Å². The molecule has 0 atom stereocenters. The SMILES string of the molecule is NCc1cccc(OCCS(=O)(=O)c2ccc(F)cc2)c1. The van der Waals surface area contributed by atoms with E-state index in [1.54, 1.807) is 18.2 Å². The van der Waals surface area contributed by atoms with Crippen molar-refractivity contribution < 1.29 is 17.5 Å². The fraction of sp³-hybridized carbons (Fsp3) is 0.200. The largest absolute Gasteiger partial charge is 0.493 e. The second kappa shape index (κ2) is 6.69. The molecule has 0 aliphatic carbocycles. The molecule has 0 saturated carbocycles. The summed E-state index contributed by atoms with van der Waals surface area (Å²) in [5, 5.41) is 0. The van der Waals surface area contributed by atoms with E-state index in [0.717, 1.165) is 17.7 Å². The van der Waals surface area contributed by atoms with Crippen molar-refractivity contribution in [3.8, 4) is 5.75 Å². The minimum absolute atomic E-state index is 0.0216. The molecule has 0 fully saturated rings. The molecule has 0 saturated heterocycles. The Morgan fingerprint density at radius 1 is 1.10 bits per heavy atom. The van der Waals surface area contributed by atoms with Gasteiger partial charge >= 0.3 is 0 Å². The van der Waals surface area contributed by atoms with Crippen LogP contribution in [0.3, 0.4) is 0 Å². The zero-order valence-electron chi connectivity index (χ0n) is 11.3. The number of hydrogen-bond donors (Lipinski definition) is 1. The van der Waals surface area contributed by atoms with Crippen LogP contribution in [0.5, 0.6) is 5.75 Å². The Balaban J connectivity index is 1.97. The highest BCUT2D eigenvalue weighted by Gasteiger charge is 2.14. The molecule has 0 unspecified atom stereocenters. The van der Waals surface area contributed by atoms with Gasteiger partial charge in [0.25, 0.3) is 0 Å². The fourth-order valence-corrected chi connectivity index (χ4v) is 2.88. The first-order valence-corrected chi connectivity index (χ1v) is 8.06. The Morgan fingerprint density at radius 3 is 2.48 bits per heavy atom. The molecule has 21 heavy (non-hydrogen) atoms. The molecule has 0 bridgehead atoms. The van der Waals surface area contributed by atoms with Crippen molar-refractivity contribution >= 4 is 9.84 Å². The molecule has 0 aliphatic rings. The number of ether oxygens (including phenoxy) is 1. The predicted molar refractivity (Wildman–Crippen MR) is 78.3 cm³/mol. The molecule has 0 radical (unpaired) electrons. The minimum atomic E-state index is -3.48. The van der Waals surface area contributed by atoms with Crippen LogP contribution in [0.15, 0.2) is 53.4 Å². The lowest BCUT2D eigenvalue weighted by Crippen LogP contribution is -2.14. The predicted octanol–water partition coefficient (Wildman–Crippen LogP) is 2.14. The normalized spacial score (nSPS) is 11.3. The first-order valence-electron chi connectivity index (χ1n) is 6.41. The summed E-state index contributed by atoms with van der Waals surface area (Å²) in [5.74, 6) is -0.0677. The van der Waals surface area contributed by atoms with Crippen molar-refractivity contribution in [3.63, 3.8) is 0 Å². The van der Waals surface area contributed by atoms with E-state index in [4.69, 9.17) is 10.5 Å². The van der Waals surface area contributed by atoms with Crippen LogP contribution in [0.2, 0.25) is 0 Å². The first-order chi connectivity index (χ1) is 10.0. The third-order valence-electron chi connectivity index (χ3n) is 2.93. The third kappa shape index (κ3) is 4.27. The van der Waals surface area contributed by atoms with E-state index in [1.165, 1.54) is 12.1 Å². The maximum atomic E-state index is 12.8. The van der Waals surface area contributed by atoms with Crippen molar-refractivity contribution in [2.75, 3.05) is 12.4 Å². The van der Waals surface area contributed by atoms with Crippen molar-refractivity contribution in [2.45, 2.75) is 11.4 Å². The number of hydrogen-bond acceptors (Lipinski definition) is 4. The van der Waals surface area contributed by atoms with Gasteiger partial charge in [0.05, 0.1) is 10.6 Å². The summed E-state index contributed by atoms with van der Waals surface area (Å²) in [6.45, 7) is 0.415. The lowest BCUT2D eigenvalue weighted by Gasteiger charge is -2.08. The second-order valence-corrected chi connectivity index (χ2v) is 6.58. The zero-order chi connectivity index (χ0) is 15.3. The second-order valence-electron chi connectivity index (χ2n) is 4.47. The highest BCUT2D eigenvalue weighted by atomic mass is 32.2. The summed E-state index contributed by atoms with van der Waals surface area (Å²) in [5.41, 5.74) is 6.43. The molecule has 2 N–H and O–H groups in total. The van der Waals surface area contributed by atoms with E-state index in [0.29, 0.717) is 12.3 Å². The van der Waals surface area contributed by atoms with Crippen LogP contribution in [0, 0.1) is 5.82 Å². The molecule has 0 heterocycles. The average Bonchev–Trinajstić information content (AvgIpc) is 2.48. The zero-order valence-corrected chi connectivity index (χ0v) is 12.1. The number of rotatable bonds is 6. The van der Waals surface area contributed by atoms with Gasteiger partial charge in [-0.2, -0.15) is 0 Å². The summed E-state index contributed by atoms with van der Waals surface area (Å²) < 4.78 is 42.3. The van der Waals surface area contributed by atoms with Gasteiger partial charge in [0.1, 0.15) is 18.2 Å². The third-order valence-corrected chi connectivity index (χ3v) is 4.62. The molecule has 0 aromatic heterocycles. The molecule has 2 rings (SSSR count). The van der Waals surface area contributed by atoms with Crippen LogP contribution >= 0.6 is 0 Å². The summed E-state index contributed by atoms with van der Waals surface area (Å²) in [6.07, 6.45) is 0. The molecule has 4 nitrogen and oxygen atoms in total. The minimum Gasteiger partial charge on any atom is -0.493 e. The molecule has 2 aromatic carbocycles. The van der Waals surface area contributed by atoms with E-state index in [2.05, 4.69) is 0 Å². The van der Waals surface area contributed by atoms with Crippen molar-refractivity contribution in [3.05, 3.63) is 59.9 Å². The molecule has 0 amide bonds. The fourth-order valence-electron chi connectivity index (χ4n) is 1.79. The molecule has 0 aliphatic heterocycles. The number of nitrogens with two attached hydrogens (primary N) is 1.